The first-order chi connectivity index (χ1) is 11.7. The van der Waals surface area contributed by atoms with Crippen LogP contribution in [0.25, 0.3) is 27.5 Å². The Kier molecular flexibility index (Phi) is 3.40. The van der Waals surface area contributed by atoms with E-state index in [4.69, 9.17) is 0 Å². The highest BCUT2D eigenvalue weighted by Gasteiger charge is 2.21. The van der Waals surface area contributed by atoms with Crippen LogP contribution < -0.4 is 11.0 Å². The molecule has 5 heteroatoms. The van der Waals surface area contributed by atoms with Gasteiger partial charge in [0.1, 0.15) is 6.07 Å². The summed E-state index contributed by atoms with van der Waals surface area (Å²) in [7, 11) is 1.90. The van der Waals surface area contributed by atoms with E-state index in [1.165, 1.54) is 21.8 Å². The third-order valence-electron chi connectivity index (χ3n) is 4.53. The van der Waals surface area contributed by atoms with Gasteiger partial charge in [-0.2, -0.15) is 5.26 Å². The van der Waals surface area contributed by atoms with Gasteiger partial charge in [-0.3, -0.25) is 10.4 Å². The first kappa shape index (κ1) is 14.6. The molecule has 0 saturated carbocycles. The zero-order valence-corrected chi connectivity index (χ0v) is 13.8. The lowest BCUT2D eigenvalue weighted by Gasteiger charge is -2.15. The second kappa shape index (κ2) is 5.59. The SMILES string of the molecule is CCCn1c2ccccc2c2cc(C3=C(C#N)NNN3C)ccc21. The summed E-state index contributed by atoms with van der Waals surface area (Å²) in [6.45, 7) is 3.20. The number of nitriles is 1. The first-order valence-electron chi connectivity index (χ1n) is 8.15. The predicted octanol–water partition coefficient (Wildman–Crippen LogP) is 3.35. The van der Waals surface area contributed by atoms with Crippen LogP contribution in [0.2, 0.25) is 0 Å². The summed E-state index contributed by atoms with van der Waals surface area (Å²) in [5.74, 6) is 0. The van der Waals surface area contributed by atoms with Crippen molar-refractivity contribution in [3.05, 3.63) is 53.7 Å². The average molecular weight is 317 g/mol. The minimum Gasteiger partial charge on any atom is -0.340 e. The number of hydrogen-bond donors (Lipinski definition) is 2. The molecule has 1 aliphatic rings. The van der Waals surface area contributed by atoms with Crippen LogP contribution in [0.4, 0.5) is 0 Å². The van der Waals surface area contributed by atoms with Crippen LogP contribution in [-0.2, 0) is 6.54 Å². The van der Waals surface area contributed by atoms with E-state index in [0.29, 0.717) is 5.70 Å². The van der Waals surface area contributed by atoms with E-state index in [1.54, 1.807) is 0 Å². The third-order valence-corrected chi connectivity index (χ3v) is 4.53. The molecule has 0 unspecified atom stereocenters. The molecule has 0 amide bonds. The van der Waals surface area contributed by atoms with Gasteiger partial charge in [-0.15, -0.1) is 5.53 Å². The Morgan fingerprint density at radius 2 is 1.88 bits per heavy atom. The van der Waals surface area contributed by atoms with Crippen LogP contribution in [0.15, 0.2) is 48.2 Å². The molecule has 1 aliphatic heterocycles. The second-order valence-electron chi connectivity index (χ2n) is 6.03. The van der Waals surface area contributed by atoms with Gasteiger partial charge in [0.05, 0.1) is 5.70 Å². The predicted molar refractivity (Wildman–Crippen MR) is 96.3 cm³/mol. The van der Waals surface area contributed by atoms with Crippen molar-refractivity contribution in [2.75, 3.05) is 7.05 Å². The summed E-state index contributed by atoms with van der Waals surface area (Å²) in [4.78, 5) is 0. The molecule has 0 saturated heterocycles. The first-order valence-corrected chi connectivity index (χ1v) is 8.15. The molecule has 2 heterocycles. The van der Waals surface area contributed by atoms with E-state index in [-0.39, 0.29) is 0 Å². The van der Waals surface area contributed by atoms with Crippen molar-refractivity contribution < 1.29 is 0 Å². The molecule has 3 aromatic rings. The fourth-order valence-corrected chi connectivity index (χ4v) is 3.51. The van der Waals surface area contributed by atoms with Gasteiger partial charge in [-0.05, 0) is 24.6 Å². The van der Waals surface area contributed by atoms with Gasteiger partial charge in [0, 0.05) is 41.0 Å². The van der Waals surface area contributed by atoms with Crippen molar-refractivity contribution in [1.29, 1.82) is 5.26 Å². The smallest absolute Gasteiger partial charge is 0.154 e. The molecule has 5 nitrogen and oxygen atoms in total. The molecule has 0 fully saturated rings. The molecule has 4 rings (SSSR count). The van der Waals surface area contributed by atoms with E-state index in [2.05, 4.69) is 71.0 Å². The molecule has 0 aliphatic carbocycles. The Hall–Kier alpha value is -2.97. The number of nitrogens with zero attached hydrogens (tertiary/aromatic N) is 3. The number of fused-ring (bicyclic) bond motifs is 3. The highest BCUT2D eigenvalue weighted by atomic mass is 15.7. The van der Waals surface area contributed by atoms with Gasteiger partial charge < -0.3 is 4.57 Å². The third kappa shape index (κ3) is 2.04. The summed E-state index contributed by atoms with van der Waals surface area (Å²) < 4.78 is 2.38. The number of para-hydroxylation sites is 1. The van der Waals surface area contributed by atoms with Crippen molar-refractivity contribution in [3.8, 4) is 6.07 Å². The molecule has 0 bridgehead atoms. The summed E-state index contributed by atoms with van der Waals surface area (Å²) in [6.07, 6.45) is 1.09. The number of hydrazine groups is 2. The Labute approximate surface area is 140 Å². The molecular weight excluding hydrogens is 298 g/mol. The van der Waals surface area contributed by atoms with Crippen molar-refractivity contribution in [2.24, 2.45) is 0 Å². The molecule has 0 atom stereocenters. The van der Waals surface area contributed by atoms with Crippen molar-refractivity contribution in [3.63, 3.8) is 0 Å². The Morgan fingerprint density at radius 1 is 1.08 bits per heavy atom. The van der Waals surface area contributed by atoms with Crippen molar-refractivity contribution in [1.82, 2.24) is 20.5 Å². The van der Waals surface area contributed by atoms with Crippen LogP contribution in [-0.4, -0.2) is 16.6 Å². The van der Waals surface area contributed by atoms with E-state index < -0.39 is 0 Å². The maximum absolute atomic E-state index is 9.33. The van der Waals surface area contributed by atoms with Gasteiger partial charge in [-0.1, -0.05) is 31.2 Å². The second-order valence-corrected chi connectivity index (χ2v) is 6.03. The van der Waals surface area contributed by atoms with Crippen LogP contribution in [0.5, 0.6) is 0 Å². The lowest BCUT2D eigenvalue weighted by molar-refractivity contribution is 0.342. The van der Waals surface area contributed by atoms with E-state index in [1.807, 2.05) is 12.1 Å². The van der Waals surface area contributed by atoms with Gasteiger partial charge >= 0.3 is 0 Å². The van der Waals surface area contributed by atoms with Gasteiger partial charge in [0.15, 0.2) is 5.70 Å². The average Bonchev–Trinajstić information content (AvgIpc) is 3.14. The molecular formula is C19H19N5. The number of aromatic nitrogens is 1. The quantitative estimate of drug-likeness (QED) is 0.778. The van der Waals surface area contributed by atoms with Crippen LogP contribution in [0, 0.1) is 11.3 Å². The monoisotopic (exact) mass is 317 g/mol. The molecule has 2 aromatic carbocycles. The lowest BCUT2D eigenvalue weighted by Crippen LogP contribution is -2.34. The molecule has 1 aromatic heterocycles. The number of hydrogen-bond acceptors (Lipinski definition) is 4. The molecule has 120 valence electrons. The van der Waals surface area contributed by atoms with Crippen LogP contribution in [0.1, 0.15) is 18.9 Å². The maximum atomic E-state index is 9.33. The highest BCUT2D eigenvalue weighted by molar-refractivity contribution is 6.09. The Morgan fingerprint density at radius 3 is 2.67 bits per heavy atom. The number of nitrogens with one attached hydrogen (secondary N) is 2. The number of benzene rings is 2. The summed E-state index contributed by atoms with van der Waals surface area (Å²) >= 11 is 0. The zero-order chi connectivity index (χ0) is 16.7. The maximum Gasteiger partial charge on any atom is 0.154 e. The Bertz CT molecular complexity index is 1010. The fraction of sp³-hybridized carbons (Fsp3) is 0.211. The highest BCUT2D eigenvalue weighted by Crippen LogP contribution is 2.33. The summed E-state index contributed by atoms with van der Waals surface area (Å²) in [5.41, 5.74) is 10.8. The number of allylic oxidation sites excluding steroid dienone is 1. The van der Waals surface area contributed by atoms with Gasteiger partial charge in [0.2, 0.25) is 0 Å². The summed E-state index contributed by atoms with van der Waals surface area (Å²) in [5, 5.41) is 13.6. The Balaban J connectivity index is 2.00. The van der Waals surface area contributed by atoms with Crippen molar-refractivity contribution >= 4 is 27.5 Å². The number of rotatable bonds is 3. The largest absolute Gasteiger partial charge is 0.340 e. The normalized spacial score (nSPS) is 14.5. The molecule has 24 heavy (non-hydrogen) atoms. The molecule has 0 spiro atoms. The zero-order valence-electron chi connectivity index (χ0n) is 13.8. The van der Waals surface area contributed by atoms with E-state index in [0.717, 1.165) is 24.2 Å². The van der Waals surface area contributed by atoms with Crippen LogP contribution >= 0.6 is 0 Å². The minimum absolute atomic E-state index is 0.536. The van der Waals surface area contributed by atoms with Gasteiger partial charge in [0.25, 0.3) is 0 Å². The fourth-order valence-electron chi connectivity index (χ4n) is 3.51. The standard InChI is InChI=1S/C19H19N5/c1-3-10-24-17-7-5-4-6-14(17)15-11-13(8-9-18(15)24)19-16(12-20)21-22-23(19)2/h4-9,11,21-22H,3,10H2,1-2H3. The molecule has 0 radical (unpaired) electrons. The van der Waals surface area contributed by atoms with Gasteiger partial charge in [-0.25, -0.2) is 0 Å². The van der Waals surface area contributed by atoms with Crippen molar-refractivity contribution in [2.45, 2.75) is 19.9 Å². The number of aryl methyl sites for hydroxylation is 1. The topological polar surface area (TPSA) is 56.0 Å². The van der Waals surface area contributed by atoms with E-state index in [9.17, 15) is 5.26 Å². The van der Waals surface area contributed by atoms with Crippen LogP contribution in [0.3, 0.4) is 0 Å². The summed E-state index contributed by atoms with van der Waals surface area (Å²) in [6, 6.07) is 17.2. The molecule has 2 N–H and O–H groups in total. The van der Waals surface area contributed by atoms with E-state index >= 15 is 0 Å². The lowest BCUT2D eigenvalue weighted by atomic mass is 10.1. The minimum atomic E-state index is 0.536.